The molecule has 0 saturated heterocycles. The third kappa shape index (κ3) is 4.72. The molecular weight excluding hydrogens is 454 g/mol. The number of hydrogen-bond donors (Lipinski definition) is 0. The predicted octanol–water partition coefficient (Wildman–Crippen LogP) is 10.2. The summed E-state index contributed by atoms with van der Waals surface area (Å²) in [5, 5.41) is 1.31. The number of para-hydroxylation sites is 2. The van der Waals surface area contributed by atoms with Crippen LogP contribution in [0.25, 0.3) is 32.7 Å². The zero-order valence-corrected chi connectivity index (χ0v) is 20.6. The van der Waals surface area contributed by atoms with E-state index in [-0.39, 0.29) is 0 Å². The van der Waals surface area contributed by atoms with Crippen LogP contribution >= 0.6 is 11.3 Å². The Morgan fingerprint density at radius 2 is 0.972 bits per heavy atom. The molecule has 0 unspecified atom stereocenters. The van der Waals surface area contributed by atoms with Crippen molar-refractivity contribution in [3.8, 4) is 10.4 Å². The van der Waals surface area contributed by atoms with Crippen LogP contribution in [0, 0.1) is 0 Å². The Morgan fingerprint density at radius 3 is 1.56 bits per heavy atom. The van der Waals surface area contributed by atoms with Gasteiger partial charge in [0.05, 0.1) is 0 Å². The molecule has 0 fully saturated rings. The second-order valence-electron chi connectivity index (χ2n) is 8.70. The average molecular weight is 480 g/mol. The van der Waals surface area contributed by atoms with Gasteiger partial charge in [-0.2, -0.15) is 0 Å². The summed E-state index contributed by atoms with van der Waals surface area (Å²) < 4.78 is 1.33. The Bertz CT molecular complexity index is 1520. The van der Waals surface area contributed by atoms with Gasteiger partial charge in [0.15, 0.2) is 0 Å². The lowest BCUT2D eigenvalue weighted by Gasteiger charge is -2.25. The highest BCUT2D eigenvalue weighted by molar-refractivity contribution is 7.22. The fourth-order valence-electron chi connectivity index (χ4n) is 4.41. The fourth-order valence-corrected chi connectivity index (χ4v) is 5.48. The van der Waals surface area contributed by atoms with Crippen molar-refractivity contribution in [3.63, 3.8) is 0 Å². The number of rotatable bonds is 6. The van der Waals surface area contributed by atoms with E-state index in [9.17, 15) is 0 Å². The van der Waals surface area contributed by atoms with Crippen LogP contribution in [0.15, 0.2) is 140 Å². The molecule has 0 spiro atoms. The monoisotopic (exact) mass is 479 g/mol. The van der Waals surface area contributed by atoms with Crippen molar-refractivity contribution in [1.82, 2.24) is 0 Å². The highest BCUT2D eigenvalue weighted by atomic mass is 32.1. The second-order valence-corrected chi connectivity index (χ2v) is 9.79. The molecule has 0 amide bonds. The number of anilines is 3. The highest BCUT2D eigenvalue weighted by Gasteiger charge is 2.11. The maximum Gasteiger partial charge on any atom is 0.0462 e. The zero-order chi connectivity index (χ0) is 24.2. The number of nitrogens with zero attached hydrogens (tertiary/aromatic N) is 1. The molecule has 1 heterocycles. The van der Waals surface area contributed by atoms with E-state index >= 15 is 0 Å². The maximum atomic E-state index is 2.28. The summed E-state index contributed by atoms with van der Waals surface area (Å²) >= 11 is 1.84. The number of benzene rings is 5. The Hall–Kier alpha value is -4.40. The van der Waals surface area contributed by atoms with Crippen molar-refractivity contribution >= 4 is 50.6 Å². The summed E-state index contributed by atoms with van der Waals surface area (Å²) in [5.41, 5.74) is 7.06. The summed E-state index contributed by atoms with van der Waals surface area (Å²) in [4.78, 5) is 3.59. The average Bonchev–Trinajstić information content (AvgIpc) is 3.39. The van der Waals surface area contributed by atoms with Gasteiger partial charge >= 0.3 is 0 Å². The van der Waals surface area contributed by atoms with E-state index in [1.54, 1.807) is 0 Å². The van der Waals surface area contributed by atoms with E-state index in [1.165, 1.54) is 31.7 Å². The molecule has 5 aromatic carbocycles. The molecule has 0 saturated carbocycles. The van der Waals surface area contributed by atoms with Gasteiger partial charge in [0.2, 0.25) is 0 Å². The first kappa shape index (κ1) is 22.1. The number of fused-ring (bicyclic) bond motifs is 1. The predicted molar refractivity (Wildman–Crippen MR) is 157 cm³/mol. The van der Waals surface area contributed by atoms with Gasteiger partial charge in [-0.3, -0.25) is 0 Å². The van der Waals surface area contributed by atoms with E-state index in [1.807, 2.05) is 11.3 Å². The fraction of sp³-hybridized carbons (Fsp3) is 0. The summed E-state index contributed by atoms with van der Waals surface area (Å²) in [6.45, 7) is 0. The van der Waals surface area contributed by atoms with E-state index in [0.29, 0.717) is 0 Å². The van der Waals surface area contributed by atoms with Gasteiger partial charge in [-0.15, -0.1) is 11.3 Å². The molecule has 0 atom stereocenters. The van der Waals surface area contributed by atoms with Gasteiger partial charge in [-0.1, -0.05) is 103 Å². The topological polar surface area (TPSA) is 3.24 Å². The van der Waals surface area contributed by atoms with Gasteiger partial charge in [0.1, 0.15) is 0 Å². The van der Waals surface area contributed by atoms with Gasteiger partial charge in [-0.25, -0.2) is 0 Å². The van der Waals surface area contributed by atoms with Crippen LogP contribution in [-0.2, 0) is 0 Å². The van der Waals surface area contributed by atoms with E-state index in [2.05, 4.69) is 157 Å². The first-order valence-corrected chi connectivity index (χ1v) is 12.9. The molecule has 6 aromatic rings. The Balaban J connectivity index is 1.21. The molecule has 36 heavy (non-hydrogen) atoms. The van der Waals surface area contributed by atoms with Crippen LogP contribution in [0.1, 0.15) is 11.1 Å². The SMILES string of the molecule is C(=C\c1ccc(N(c2ccccc2)c2ccccc2)cc1)/c1ccc(-c2cc3ccccc3s2)cc1. The molecule has 0 aliphatic carbocycles. The molecule has 0 N–H and O–H groups in total. The smallest absolute Gasteiger partial charge is 0.0462 e. The lowest BCUT2D eigenvalue weighted by molar-refractivity contribution is 1.28. The lowest BCUT2D eigenvalue weighted by Crippen LogP contribution is -2.09. The van der Waals surface area contributed by atoms with Crippen LogP contribution in [0.5, 0.6) is 0 Å². The van der Waals surface area contributed by atoms with Gasteiger partial charge in [0.25, 0.3) is 0 Å². The molecule has 172 valence electrons. The van der Waals surface area contributed by atoms with Gasteiger partial charge < -0.3 is 4.90 Å². The first-order chi connectivity index (χ1) is 17.8. The molecule has 0 aliphatic rings. The van der Waals surface area contributed by atoms with Gasteiger partial charge in [0, 0.05) is 26.6 Å². The number of thiophene rings is 1. The minimum atomic E-state index is 1.14. The Labute approximate surface area is 216 Å². The molecule has 1 aromatic heterocycles. The minimum absolute atomic E-state index is 1.14. The number of hydrogen-bond acceptors (Lipinski definition) is 2. The zero-order valence-electron chi connectivity index (χ0n) is 19.8. The molecule has 0 aliphatic heterocycles. The van der Waals surface area contributed by atoms with Crippen molar-refractivity contribution in [2.45, 2.75) is 0 Å². The molecule has 0 radical (unpaired) electrons. The van der Waals surface area contributed by atoms with E-state index in [4.69, 9.17) is 0 Å². The second kappa shape index (κ2) is 10.1. The molecule has 6 rings (SSSR count). The third-order valence-corrected chi connectivity index (χ3v) is 7.43. The van der Waals surface area contributed by atoms with E-state index in [0.717, 1.165) is 17.1 Å². The highest BCUT2D eigenvalue weighted by Crippen LogP contribution is 2.35. The summed E-state index contributed by atoms with van der Waals surface area (Å²) in [6.07, 6.45) is 4.35. The quantitative estimate of drug-likeness (QED) is 0.215. The minimum Gasteiger partial charge on any atom is -0.311 e. The third-order valence-electron chi connectivity index (χ3n) is 6.27. The summed E-state index contributed by atoms with van der Waals surface area (Å²) in [7, 11) is 0. The standard InChI is InChI=1S/C34H25NS/c1-3-10-30(11-4-1)35(31-12-5-2-6-13-31)32-23-19-27(20-24-32)16-15-26-17-21-28(22-18-26)34-25-29-9-7-8-14-33(29)36-34/h1-25H/b16-15+. The van der Waals surface area contributed by atoms with Crippen molar-refractivity contribution < 1.29 is 0 Å². The molecule has 1 nitrogen and oxygen atoms in total. The largest absolute Gasteiger partial charge is 0.311 e. The van der Waals surface area contributed by atoms with Crippen molar-refractivity contribution in [1.29, 1.82) is 0 Å². The van der Waals surface area contributed by atoms with Crippen molar-refractivity contribution in [3.05, 3.63) is 151 Å². The molecule has 2 heteroatoms. The van der Waals surface area contributed by atoms with Crippen molar-refractivity contribution in [2.75, 3.05) is 4.90 Å². The summed E-state index contributed by atoms with van der Waals surface area (Å²) in [6, 6.07) is 49.4. The summed E-state index contributed by atoms with van der Waals surface area (Å²) in [5.74, 6) is 0. The lowest BCUT2D eigenvalue weighted by atomic mass is 10.1. The Kier molecular flexibility index (Phi) is 6.18. The molecular formula is C34H25NS. The Morgan fingerprint density at radius 1 is 0.472 bits per heavy atom. The van der Waals surface area contributed by atoms with Crippen LogP contribution in [0.3, 0.4) is 0 Å². The maximum absolute atomic E-state index is 2.28. The van der Waals surface area contributed by atoms with Crippen LogP contribution in [0.4, 0.5) is 17.1 Å². The van der Waals surface area contributed by atoms with Crippen LogP contribution < -0.4 is 4.90 Å². The van der Waals surface area contributed by atoms with Crippen LogP contribution in [-0.4, -0.2) is 0 Å². The first-order valence-electron chi connectivity index (χ1n) is 12.1. The van der Waals surface area contributed by atoms with Crippen LogP contribution in [0.2, 0.25) is 0 Å². The van der Waals surface area contributed by atoms with E-state index < -0.39 is 0 Å². The normalized spacial score (nSPS) is 11.2. The van der Waals surface area contributed by atoms with Gasteiger partial charge in [-0.05, 0) is 70.6 Å². The molecule has 0 bridgehead atoms. The van der Waals surface area contributed by atoms with Crippen molar-refractivity contribution in [2.24, 2.45) is 0 Å².